The van der Waals surface area contributed by atoms with Crippen LogP contribution in [0.3, 0.4) is 0 Å². The molecule has 2 rings (SSSR count). The molecule has 0 radical (unpaired) electrons. The van der Waals surface area contributed by atoms with Crippen molar-refractivity contribution in [2.75, 3.05) is 13.1 Å². The number of carbonyl (C=O) groups excluding carboxylic acids is 1. The van der Waals surface area contributed by atoms with E-state index < -0.39 is 16.1 Å². The van der Waals surface area contributed by atoms with Gasteiger partial charge < -0.3 is 4.90 Å². The molecule has 1 fully saturated rings. The summed E-state index contributed by atoms with van der Waals surface area (Å²) < 4.78 is 27.3. The quantitative estimate of drug-likeness (QED) is 0.867. The van der Waals surface area contributed by atoms with Crippen molar-refractivity contribution >= 4 is 15.9 Å². The molecule has 1 aliphatic rings. The molecule has 1 aliphatic heterocycles. The van der Waals surface area contributed by atoms with E-state index in [1.165, 1.54) is 0 Å². The third-order valence-corrected chi connectivity index (χ3v) is 5.18. The molecule has 1 N–H and O–H groups in total. The second kappa shape index (κ2) is 7.24. The number of carbonyl (C=O) groups is 1. The number of rotatable bonds is 6. The van der Waals surface area contributed by atoms with Crippen LogP contribution in [0.2, 0.25) is 0 Å². The van der Waals surface area contributed by atoms with Gasteiger partial charge in [-0.3, -0.25) is 4.79 Å². The lowest BCUT2D eigenvalue weighted by molar-refractivity contribution is -0.132. The van der Waals surface area contributed by atoms with E-state index in [-0.39, 0.29) is 17.6 Å². The van der Waals surface area contributed by atoms with E-state index >= 15 is 0 Å². The monoisotopic (exact) mass is 324 g/mol. The third-order valence-electron chi connectivity index (χ3n) is 3.86. The van der Waals surface area contributed by atoms with Crippen molar-refractivity contribution in [3.63, 3.8) is 0 Å². The highest BCUT2D eigenvalue weighted by Crippen LogP contribution is 2.15. The van der Waals surface area contributed by atoms with Crippen molar-refractivity contribution in [3.8, 4) is 0 Å². The van der Waals surface area contributed by atoms with Gasteiger partial charge in [0.1, 0.15) is 6.04 Å². The summed E-state index contributed by atoms with van der Waals surface area (Å²) in [6.07, 6.45) is 1.99. The van der Waals surface area contributed by atoms with Crippen LogP contribution in [0.25, 0.3) is 0 Å². The zero-order valence-electron chi connectivity index (χ0n) is 13.2. The number of nitrogens with one attached hydrogen (secondary N) is 1. The first-order valence-corrected chi connectivity index (χ1v) is 9.37. The van der Waals surface area contributed by atoms with Gasteiger partial charge in [0.2, 0.25) is 15.9 Å². The van der Waals surface area contributed by atoms with Crippen LogP contribution in [0.5, 0.6) is 0 Å². The van der Waals surface area contributed by atoms with Gasteiger partial charge in [0, 0.05) is 13.1 Å². The number of likely N-dealkylation sites (tertiary alicyclic amines) is 1. The van der Waals surface area contributed by atoms with Crippen LogP contribution in [0.15, 0.2) is 30.3 Å². The molecule has 1 heterocycles. The van der Waals surface area contributed by atoms with Crippen molar-refractivity contribution in [1.82, 2.24) is 9.62 Å². The Morgan fingerprint density at radius 3 is 2.32 bits per heavy atom. The summed E-state index contributed by atoms with van der Waals surface area (Å²) in [5.41, 5.74) is 0.714. The Hall–Kier alpha value is -1.40. The molecule has 0 unspecified atom stereocenters. The number of amides is 1. The summed E-state index contributed by atoms with van der Waals surface area (Å²) in [5.74, 6) is -0.299. The predicted octanol–water partition coefficient (Wildman–Crippen LogP) is 1.75. The summed E-state index contributed by atoms with van der Waals surface area (Å²) in [5, 5.41) is 0. The zero-order valence-corrected chi connectivity index (χ0v) is 14.0. The largest absolute Gasteiger partial charge is 0.341 e. The van der Waals surface area contributed by atoms with Gasteiger partial charge in [-0.2, -0.15) is 0 Å². The van der Waals surface area contributed by atoms with E-state index in [1.54, 1.807) is 29.2 Å². The molecule has 5 nitrogen and oxygen atoms in total. The van der Waals surface area contributed by atoms with Crippen LogP contribution >= 0.6 is 0 Å². The first-order valence-electron chi connectivity index (χ1n) is 7.72. The van der Waals surface area contributed by atoms with Crippen molar-refractivity contribution in [2.45, 2.75) is 38.5 Å². The van der Waals surface area contributed by atoms with Gasteiger partial charge in [-0.25, -0.2) is 13.1 Å². The van der Waals surface area contributed by atoms with E-state index in [1.807, 2.05) is 19.9 Å². The molecular weight excluding hydrogens is 300 g/mol. The summed E-state index contributed by atoms with van der Waals surface area (Å²) in [4.78, 5) is 14.3. The summed E-state index contributed by atoms with van der Waals surface area (Å²) in [6, 6.07) is 8.31. The maximum Gasteiger partial charge on any atom is 0.241 e. The van der Waals surface area contributed by atoms with Gasteiger partial charge in [-0.15, -0.1) is 0 Å². The Morgan fingerprint density at radius 1 is 1.18 bits per heavy atom. The number of hydrogen-bond acceptors (Lipinski definition) is 3. The minimum Gasteiger partial charge on any atom is -0.341 e. The minimum atomic E-state index is -3.55. The molecule has 1 amide bonds. The molecule has 22 heavy (non-hydrogen) atoms. The van der Waals surface area contributed by atoms with Gasteiger partial charge in [-0.05, 0) is 24.3 Å². The van der Waals surface area contributed by atoms with Gasteiger partial charge in [-0.1, -0.05) is 44.2 Å². The predicted molar refractivity (Wildman–Crippen MR) is 86.6 cm³/mol. The van der Waals surface area contributed by atoms with Gasteiger partial charge >= 0.3 is 0 Å². The summed E-state index contributed by atoms with van der Waals surface area (Å²) >= 11 is 0. The molecular formula is C16H24N2O3S. The van der Waals surface area contributed by atoms with Gasteiger partial charge in [0.25, 0.3) is 0 Å². The summed E-state index contributed by atoms with van der Waals surface area (Å²) in [7, 11) is -3.55. The van der Waals surface area contributed by atoms with E-state index in [9.17, 15) is 13.2 Å². The highest BCUT2D eigenvalue weighted by atomic mass is 32.2. The molecule has 0 aromatic heterocycles. The normalized spacial score (nSPS) is 17.0. The number of nitrogens with zero attached hydrogens (tertiary/aromatic N) is 1. The summed E-state index contributed by atoms with van der Waals surface area (Å²) in [6.45, 7) is 5.18. The topological polar surface area (TPSA) is 66.5 Å². The fourth-order valence-electron chi connectivity index (χ4n) is 2.63. The minimum absolute atomic E-state index is 0.0846. The lowest BCUT2D eigenvalue weighted by Crippen LogP contribution is -2.50. The fourth-order valence-corrected chi connectivity index (χ4v) is 4.11. The third kappa shape index (κ3) is 4.55. The molecule has 0 aliphatic carbocycles. The van der Waals surface area contributed by atoms with Crippen molar-refractivity contribution < 1.29 is 13.2 Å². The first kappa shape index (κ1) is 17.0. The fraction of sp³-hybridized carbons (Fsp3) is 0.562. The van der Waals surface area contributed by atoms with Gasteiger partial charge in [0.15, 0.2) is 0 Å². The first-order chi connectivity index (χ1) is 10.4. The zero-order chi connectivity index (χ0) is 16.2. The van der Waals surface area contributed by atoms with E-state index in [0.29, 0.717) is 5.56 Å². The van der Waals surface area contributed by atoms with Crippen LogP contribution < -0.4 is 4.72 Å². The van der Waals surface area contributed by atoms with E-state index in [2.05, 4.69) is 4.72 Å². The Bertz CT molecular complexity index is 593. The molecule has 1 aromatic rings. The average molecular weight is 324 g/mol. The lowest BCUT2D eigenvalue weighted by Gasteiger charge is -2.26. The van der Waals surface area contributed by atoms with Crippen LogP contribution in [0, 0.1) is 5.92 Å². The van der Waals surface area contributed by atoms with E-state index in [0.717, 1.165) is 25.9 Å². The van der Waals surface area contributed by atoms with E-state index in [4.69, 9.17) is 0 Å². The maximum atomic E-state index is 12.5. The molecule has 0 saturated carbocycles. The van der Waals surface area contributed by atoms with Crippen LogP contribution in [-0.2, 0) is 20.6 Å². The Kier molecular flexibility index (Phi) is 5.58. The van der Waals surface area contributed by atoms with Crippen molar-refractivity contribution in [3.05, 3.63) is 35.9 Å². The highest BCUT2D eigenvalue weighted by Gasteiger charge is 2.31. The molecule has 6 heteroatoms. The Morgan fingerprint density at radius 2 is 1.77 bits per heavy atom. The Balaban J connectivity index is 2.07. The maximum absolute atomic E-state index is 12.5. The molecule has 0 bridgehead atoms. The molecule has 122 valence electrons. The van der Waals surface area contributed by atoms with Crippen LogP contribution in [0.1, 0.15) is 32.3 Å². The standard InChI is InChI=1S/C16H24N2O3S/c1-13(2)15(16(19)18-10-6-7-11-18)17-22(20,21)12-14-8-4-3-5-9-14/h3-5,8-9,13,15,17H,6-7,10-12H2,1-2H3/t15-/m0/s1. The molecule has 1 saturated heterocycles. The molecule has 1 atom stereocenters. The smallest absolute Gasteiger partial charge is 0.241 e. The average Bonchev–Trinajstić information content (AvgIpc) is 2.98. The van der Waals surface area contributed by atoms with Crippen LogP contribution in [-0.4, -0.2) is 38.4 Å². The highest BCUT2D eigenvalue weighted by molar-refractivity contribution is 7.88. The molecule has 0 spiro atoms. The van der Waals surface area contributed by atoms with Crippen molar-refractivity contribution in [1.29, 1.82) is 0 Å². The molecule has 1 aromatic carbocycles. The Labute approximate surface area is 132 Å². The second-order valence-electron chi connectivity index (χ2n) is 6.12. The second-order valence-corrected chi connectivity index (χ2v) is 7.87. The van der Waals surface area contributed by atoms with Crippen LogP contribution in [0.4, 0.5) is 0 Å². The van der Waals surface area contributed by atoms with Gasteiger partial charge in [0.05, 0.1) is 5.75 Å². The van der Waals surface area contributed by atoms with Crippen molar-refractivity contribution in [2.24, 2.45) is 5.92 Å². The lowest BCUT2D eigenvalue weighted by atomic mass is 10.0. The number of benzene rings is 1. The SMILES string of the molecule is CC(C)[C@H](NS(=O)(=O)Cc1ccccc1)C(=O)N1CCCC1. The number of sulfonamides is 1. The number of hydrogen-bond donors (Lipinski definition) is 1.